The molecule has 274 valence electrons. The largest absolute Gasteiger partial charge is 0.458 e. The Morgan fingerprint density at radius 1 is 1.00 bits per heavy atom. The summed E-state index contributed by atoms with van der Waals surface area (Å²) < 4.78 is 33.2. The lowest BCUT2D eigenvalue weighted by molar-refractivity contribution is -0.220. The second kappa shape index (κ2) is 14.6. The molecular formula is C36H47FN2O11. The highest BCUT2D eigenvalue weighted by Gasteiger charge is 2.75. The first-order valence-corrected chi connectivity index (χ1v) is 17.3. The monoisotopic (exact) mass is 702 g/mol. The Morgan fingerprint density at radius 2 is 1.68 bits per heavy atom. The molecule has 5 aliphatic rings. The number of esters is 1. The molecule has 0 aromatic rings. The maximum Gasteiger partial charge on any atom is 0.306 e. The van der Waals surface area contributed by atoms with Gasteiger partial charge < -0.3 is 29.7 Å². The highest BCUT2D eigenvalue weighted by molar-refractivity contribution is 6.12. The van der Waals surface area contributed by atoms with Crippen molar-refractivity contribution in [2.24, 2.45) is 28.6 Å². The summed E-state index contributed by atoms with van der Waals surface area (Å²) in [5, 5.41) is 26.1. The van der Waals surface area contributed by atoms with Crippen LogP contribution >= 0.6 is 0 Å². The summed E-state index contributed by atoms with van der Waals surface area (Å²) in [4.78, 5) is 74.4. The number of fused-ring (bicyclic) bond motifs is 5. The third kappa shape index (κ3) is 6.51. The van der Waals surface area contributed by atoms with Crippen LogP contribution in [0.15, 0.2) is 36.0 Å². The molecule has 0 aromatic carbocycles. The SMILES string of the molecule is C[C@@H]1C[C@H]2[C@@H]3CCC4=CC(=O)C=C[C@]4(C)[C@@]3(F)[C@@H](O)C[C@]2(C)[C@@]1(O)C(=O)COC(=O)CCC(=O)NCCOCCOCCN1C(=O)C=CC1=O. The molecule has 0 radical (unpaired) electrons. The minimum atomic E-state index is -2.10. The van der Waals surface area contributed by atoms with Gasteiger partial charge in [-0.25, -0.2) is 4.39 Å². The van der Waals surface area contributed by atoms with E-state index in [1.54, 1.807) is 26.8 Å². The fraction of sp³-hybridized carbons (Fsp3) is 0.667. The average Bonchev–Trinajstić information content (AvgIpc) is 3.50. The Morgan fingerprint density at radius 3 is 2.38 bits per heavy atom. The number of ketones is 2. The first-order valence-electron chi connectivity index (χ1n) is 17.3. The number of hydrogen-bond acceptors (Lipinski definition) is 11. The zero-order valence-corrected chi connectivity index (χ0v) is 28.8. The molecule has 3 N–H and O–H groups in total. The quantitative estimate of drug-likeness (QED) is 0.127. The number of aliphatic hydroxyl groups is 2. The van der Waals surface area contributed by atoms with Gasteiger partial charge in [-0.05, 0) is 56.6 Å². The molecule has 5 rings (SSSR count). The van der Waals surface area contributed by atoms with Gasteiger partial charge in [0.2, 0.25) is 11.7 Å². The molecule has 8 atom stereocenters. The number of nitrogens with one attached hydrogen (secondary N) is 1. The molecule has 0 spiro atoms. The summed E-state index contributed by atoms with van der Waals surface area (Å²) in [5.74, 6) is -4.65. The van der Waals surface area contributed by atoms with Gasteiger partial charge in [0.25, 0.3) is 11.8 Å². The van der Waals surface area contributed by atoms with E-state index in [1.165, 1.54) is 24.3 Å². The van der Waals surface area contributed by atoms with Crippen molar-refractivity contribution in [3.05, 3.63) is 36.0 Å². The number of amides is 3. The van der Waals surface area contributed by atoms with Gasteiger partial charge in [0.05, 0.1) is 45.5 Å². The Bertz CT molecular complexity index is 1490. The predicted molar refractivity (Wildman–Crippen MR) is 174 cm³/mol. The molecule has 50 heavy (non-hydrogen) atoms. The van der Waals surface area contributed by atoms with Crippen molar-refractivity contribution in [1.29, 1.82) is 0 Å². The summed E-state index contributed by atoms with van der Waals surface area (Å²) in [7, 11) is 0. The summed E-state index contributed by atoms with van der Waals surface area (Å²) in [6, 6.07) is 0. The van der Waals surface area contributed by atoms with Crippen LogP contribution in [-0.4, -0.2) is 114 Å². The van der Waals surface area contributed by atoms with E-state index in [0.29, 0.717) is 24.8 Å². The Hall–Kier alpha value is -3.59. The highest BCUT2D eigenvalue weighted by atomic mass is 19.1. The lowest BCUT2D eigenvalue weighted by atomic mass is 9.44. The molecule has 3 fully saturated rings. The van der Waals surface area contributed by atoms with Gasteiger partial charge in [0.1, 0.15) is 5.60 Å². The zero-order valence-electron chi connectivity index (χ0n) is 28.8. The van der Waals surface area contributed by atoms with Gasteiger partial charge in [0.15, 0.2) is 18.1 Å². The van der Waals surface area contributed by atoms with E-state index in [4.69, 9.17) is 14.2 Å². The number of halogens is 1. The molecule has 14 heteroatoms. The van der Waals surface area contributed by atoms with Crippen LogP contribution in [0.4, 0.5) is 4.39 Å². The molecular weight excluding hydrogens is 655 g/mol. The van der Waals surface area contributed by atoms with E-state index in [-0.39, 0.29) is 76.4 Å². The number of carbonyl (C=O) groups excluding carboxylic acids is 6. The standard InChI is InChI=1S/C36H47FN2O11/c1-22-18-26-25-5-4-23-19-24(40)10-11-33(23,2)35(25,37)27(41)20-34(26,3)36(22,47)28(42)21-50-32(46)9-6-29(43)38-12-14-48-16-17-49-15-13-39-30(44)7-8-31(39)45/h7-8,10-11,19,22,25-27,41,47H,4-6,9,12-18,20-21H2,1-3H3,(H,38,43)/t22-,25+,26+,27+,33+,34+,35+,36+/m1/s1. The second-order valence-corrected chi connectivity index (χ2v) is 14.5. The predicted octanol–water partition coefficient (Wildman–Crippen LogP) is 1.30. The number of rotatable bonds is 15. The minimum absolute atomic E-state index is 0.144. The van der Waals surface area contributed by atoms with E-state index >= 15 is 4.39 Å². The van der Waals surface area contributed by atoms with Crippen LogP contribution in [0.25, 0.3) is 0 Å². The molecule has 3 amide bonds. The van der Waals surface area contributed by atoms with E-state index in [9.17, 15) is 39.0 Å². The maximum atomic E-state index is 17.3. The molecule has 1 heterocycles. The van der Waals surface area contributed by atoms with Crippen LogP contribution in [0.3, 0.4) is 0 Å². The first kappa shape index (κ1) is 37.7. The van der Waals surface area contributed by atoms with Crippen molar-refractivity contribution >= 4 is 35.3 Å². The maximum absolute atomic E-state index is 17.3. The van der Waals surface area contributed by atoms with Gasteiger partial charge in [-0.1, -0.05) is 25.5 Å². The third-order valence-electron chi connectivity index (χ3n) is 11.9. The fourth-order valence-electron chi connectivity index (χ4n) is 9.16. The van der Waals surface area contributed by atoms with Crippen LogP contribution in [0.2, 0.25) is 0 Å². The van der Waals surface area contributed by atoms with Gasteiger partial charge >= 0.3 is 5.97 Å². The van der Waals surface area contributed by atoms with Crippen molar-refractivity contribution in [2.75, 3.05) is 46.1 Å². The lowest BCUT2D eigenvalue weighted by Gasteiger charge is -2.62. The number of ether oxygens (including phenoxy) is 3. The molecule has 0 unspecified atom stereocenters. The molecule has 0 aromatic heterocycles. The van der Waals surface area contributed by atoms with E-state index in [2.05, 4.69) is 5.32 Å². The summed E-state index contributed by atoms with van der Waals surface area (Å²) >= 11 is 0. The van der Waals surface area contributed by atoms with Gasteiger partial charge in [-0.15, -0.1) is 0 Å². The Kier molecular flexibility index (Phi) is 11.0. The smallest absolute Gasteiger partial charge is 0.306 e. The normalized spacial score (nSPS) is 35.8. The molecule has 0 saturated heterocycles. The molecule has 1 aliphatic heterocycles. The summed E-state index contributed by atoms with van der Waals surface area (Å²) in [5.41, 5.74) is -5.83. The Labute approximate surface area is 290 Å². The van der Waals surface area contributed by atoms with Gasteiger partial charge in [0, 0.05) is 41.9 Å². The minimum Gasteiger partial charge on any atom is -0.458 e. The number of hydrogen-bond donors (Lipinski definition) is 3. The average molecular weight is 703 g/mol. The fourth-order valence-corrected chi connectivity index (χ4v) is 9.16. The number of Topliss-reactive ketones (excluding diaryl/α,β-unsaturated/α-hetero) is 1. The first-order chi connectivity index (χ1) is 23.6. The number of allylic oxidation sites excluding steroid dienone is 4. The second-order valence-electron chi connectivity index (χ2n) is 14.5. The number of aliphatic hydroxyl groups excluding tert-OH is 1. The zero-order chi connectivity index (χ0) is 36.5. The number of carbonyl (C=O) groups is 6. The van der Waals surface area contributed by atoms with Gasteiger partial charge in [-0.3, -0.25) is 33.7 Å². The van der Waals surface area contributed by atoms with Crippen molar-refractivity contribution < 1.29 is 57.6 Å². The number of alkyl halides is 1. The molecule has 0 bridgehead atoms. The van der Waals surface area contributed by atoms with Crippen molar-refractivity contribution in [3.63, 3.8) is 0 Å². The topological polar surface area (TPSA) is 186 Å². The van der Waals surface area contributed by atoms with E-state index < -0.39 is 70.2 Å². The van der Waals surface area contributed by atoms with Crippen LogP contribution in [0.1, 0.15) is 59.3 Å². The van der Waals surface area contributed by atoms with Crippen molar-refractivity contribution in [3.8, 4) is 0 Å². The van der Waals surface area contributed by atoms with E-state index in [1.807, 2.05) is 0 Å². The molecule has 3 saturated carbocycles. The summed E-state index contributed by atoms with van der Waals surface area (Å²) in [6.45, 7) is 5.53. The number of imide groups is 1. The Balaban J connectivity index is 1.03. The van der Waals surface area contributed by atoms with Crippen molar-refractivity contribution in [1.82, 2.24) is 10.2 Å². The van der Waals surface area contributed by atoms with Crippen molar-refractivity contribution in [2.45, 2.75) is 76.7 Å². The highest BCUT2D eigenvalue weighted by Crippen LogP contribution is 2.70. The molecule has 4 aliphatic carbocycles. The molecule has 13 nitrogen and oxygen atoms in total. The summed E-state index contributed by atoms with van der Waals surface area (Å²) in [6.07, 6.45) is 5.71. The number of nitrogens with zero attached hydrogens (tertiary/aromatic N) is 1. The van der Waals surface area contributed by atoms with Gasteiger partial charge in [-0.2, -0.15) is 0 Å². The third-order valence-corrected chi connectivity index (χ3v) is 11.9. The van der Waals surface area contributed by atoms with Crippen LogP contribution < -0.4 is 5.32 Å². The lowest BCUT2D eigenvalue weighted by Crippen LogP contribution is -2.69. The van der Waals surface area contributed by atoms with Crippen LogP contribution in [0.5, 0.6) is 0 Å². The van der Waals surface area contributed by atoms with Crippen LogP contribution in [-0.2, 0) is 43.0 Å². The van der Waals surface area contributed by atoms with E-state index in [0.717, 1.165) is 4.90 Å². The van der Waals surface area contributed by atoms with Crippen LogP contribution in [0, 0.1) is 28.6 Å².